The third kappa shape index (κ3) is 3.00. The molecule has 0 radical (unpaired) electrons. The van der Waals surface area contributed by atoms with Gasteiger partial charge in [0.2, 0.25) is 0 Å². The zero-order valence-corrected chi connectivity index (χ0v) is 12.2. The molecule has 6 heteroatoms. The lowest BCUT2D eigenvalue weighted by Gasteiger charge is -2.28. The van der Waals surface area contributed by atoms with Crippen LogP contribution in [0.5, 0.6) is 0 Å². The van der Waals surface area contributed by atoms with Crippen molar-refractivity contribution < 1.29 is 10.0 Å². The van der Waals surface area contributed by atoms with E-state index in [-0.39, 0.29) is 16.7 Å². The molecule has 18 heavy (non-hydrogen) atoms. The molecule has 0 spiro atoms. The molecule has 0 aliphatic heterocycles. The van der Waals surface area contributed by atoms with Crippen molar-refractivity contribution in [3.63, 3.8) is 0 Å². The van der Waals surface area contributed by atoms with Gasteiger partial charge in [-0.3, -0.25) is 10.1 Å². The highest BCUT2D eigenvalue weighted by atomic mass is 32.1. The highest BCUT2D eigenvalue weighted by molar-refractivity contribution is 7.16. The lowest BCUT2D eigenvalue weighted by atomic mass is 10.1. The Hall–Kier alpha value is -1.14. The van der Waals surface area contributed by atoms with Crippen LogP contribution in [0.1, 0.15) is 38.7 Å². The van der Waals surface area contributed by atoms with E-state index in [4.69, 9.17) is 0 Å². The van der Waals surface area contributed by atoms with Crippen LogP contribution in [0.2, 0.25) is 0 Å². The van der Waals surface area contributed by atoms with Gasteiger partial charge in [-0.15, -0.1) is 11.3 Å². The first-order chi connectivity index (χ1) is 8.25. The van der Waals surface area contributed by atoms with Crippen LogP contribution in [0.25, 0.3) is 0 Å². The molecule has 1 N–H and O–H groups in total. The fourth-order valence-corrected chi connectivity index (χ4v) is 2.72. The van der Waals surface area contributed by atoms with E-state index >= 15 is 0 Å². The van der Waals surface area contributed by atoms with Crippen molar-refractivity contribution in [2.45, 2.75) is 39.8 Å². The van der Waals surface area contributed by atoms with Crippen molar-refractivity contribution in [3.8, 4) is 0 Å². The van der Waals surface area contributed by atoms with Crippen molar-refractivity contribution in [1.29, 1.82) is 0 Å². The SMILES string of the molecule is CC(C)C(C)N(C)c1sc([C@@H](C)O)cc1[N+](=O)[O-]. The van der Waals surface area contributed by atoms with E-state index in [9.17, 15) is 15.2 Å². The molecule has 0 amide bonds. The molecule has 0 saturated heterocycles. The van der Waals surface area contributed by atoms with Gasteiger partial charge in [0, 0.05) is 24.0 Å². The predicted octanol–water partition coefficient (Wildman–Crippen LogP) is 3.19. The number of anilines is 1. The summed E-state index contributed by atoms with van der Waals surface area (Å²) in [6.45, 7) is 7.81. The normalized spacial score (nSPS) is 14.6. The van der Waals surface area contributed by atoms with Gasteiger partial charge in [-0.2, -0.15) is 0 Å². The van der Waals surface area contributed by atoms with Crippen LogP contribution in [-0.4, -0.2) is 23.1 Å². The Bertz CT molecular complexity index is 429. The summed E-state index contributed by atoms with van der Waals surface area (Å²) < 4.78 is 0. The Kier molecular flexibility index (Phi) is 4.70. The van der Waals surface area contributed by atoms with Crippen LogP contribution in [-0.2, 0) is 0 Å². The highest BCUT2D eigenvalue weighted by Gasteiger charge is 2.26. The Balaban J connectivity index is 3.17. The zero-order chi connectivity index (χ0) is 14.0. The van der Waals surface area contributed by atoms with Crippen molar-refractivity contribution in [1.82, 2.24) is 0 Å². The van der Waals surface area contributed by atoms with E-state index in [1.54, 1.807) is 6.92 Å². The molecule has 0 aliphatic carbocycles. The molecule has 0 bridgehead atoms. The average molecular weight is 272 g/mol. The molecule has 1 heterocycles. The monoisotopic (exact) mass is 272 g/mol. The molecule has 102 valence electrons. The molecular formula is C12H20N2O3S. The summed E-state index contributed by atoms with van der Waals surface area (Å²) in [4.78, 5) is 13.2. The van der Waals surface area contributed by atoms with Gasteiger partial charge in [0.1, 0.15) is 0 Å². The smallest absolute Gasteiger partial charge is 0.304 e. The maximum absolute atomic E-state index is 11.1. The largest absolute Gasteiger partial charge is 0.388 e. The first kappa shape index (κ1) is 14.9. The van der Waals surface area contributed by atoms with Gasteiger partial charge in [0.05, 0.1) is 11.0 Å². The van der Waals surface area contributed by atoms with Crippen LogP contribution in [0, 0.1) is 16.0 Å². The standard InChI is InChI=1S/C12H20N2O3S/c1-7(2)8(3)13(5)12-10(14(16)17)6-11(18-12)9(4)15/h6-9,15H,1-5H3/t8?,9-/m1/s1. The first-order valence-corrected chi connectivity index (χ1v) is 6.76. The number of nitrogens with zero attached hydrogens (tertiary/aromatic N) is 2. The van der Waals surface area contributed by atoms with Gasteiger partial charge in [-0.1, -0.05) is 13.8 Å². The number of aliphatic hydroxyl groups is 1. The lowest BCUT2D eigenvalue weighted by Crippen LogP contribution is -2.32. The minimum atomic E-state index is -0.676. The second kappa shape index (κ2) is 5.67. The average Bonchev–Trinajstić information content (AvgIpc) is 2.71. The Morgan fingerprint density at radius 1 is 1.39 bits per heavy atom. The van der Waals surface area contributed by atoms with Gasteiger partial charge in [0.25, 0.3) is 0 Å². The van der Waals surface area contributed by atoms with Crippen molar-refractivity contribution in [2.75, 3.05) is 11.9 Å². The number of hydrogen-bond acceptors (Lipinski definition) is 5. The van der Waals surface area contributed by atoms with Gasteiger partial charge in [0.15, 0.2) is 5.00 Å². The summed E-state index contributed by atoms with van der Waals surface area (Å²) in [5, 5.41) is 21.2. The van der Waals surface area contributed by atoms with Crippen LogP contribution >= 0.6 is 11.3 Å². The van der Waals surface area contributed by atoms with Crippen LogP contribution < -0.4 is 4.90 Å². The van der Waals surface area contributed by atoms with Crippen molar-refractivity contribution in [2.24, 2.45) is 5.92 Å². The van der Waals surface area contributed by atoms with Crippen LogP contribution in [0.3, 0.4) is 0 Å². The topological polar surface area (TPSA) is 66.6 Å². The highest BCUT2D eigenvalue weighted by Crippen LogP contribution is 2.40. The molecule has 1 unspecified atom stereocenters. The predicted molar refractivity (Wildman–Crippen MR) is 74.3 cm³/mol. The molecule has 0 aliphatic rings. The van der Waals surface area contributed by atoms with Crippen molar-refractivity contribution >= 4 is 22.0 Å². The third-order valence-electron chi connectivity index (χ3n) is 3.22. The fourth-order valence-electron chi connectivity index (χ4n) is 1.61. The van der Waals surface area contributed by atoms with Crippen molar-refractivity contribution in [3.05, 3.63) is 21.1 Å². The van der Waals surface area contributed by atoms with E-state index in [0.29, 0.717) is 15.8 Å². The molecular weight excluding hydrogens is 252 g/mol. The summed E-state index contributed by atoms with van der Waals surface area (Å²) in [6, 6.07) is 1.66. The van der Waals surface area contributed by atoms with Gasteiger partial charge in [-0.05, 0) is 19.8 Å². The molecule has 2 atom stereocenters. The van der Waals surface area contributed by atoms with Crippen LogP contribution in [0.15, 0.2) is 6.07 Å². The summed E-state index contributed by atoms with van der Waals surface area (Å²) in [6.07, 6.45) is -0.676. The van der Waals surface area contributed by atoms with E-state index in [0.717, 1.165) is 0 Å². The fraction of sp³-hybridized carbons (Fsp3) is 0.667. The Morgan fingerprint density at radius 3 is 2.33 bits per heavy atom. The Morgan fingerprint density at radius 2 is 1.94 bits per heavy atom. The first-order valence-electron chi connectivity index (χ1n) is 5.94. The third-order valence-corrected chi connectivity index (χ3v) is 4.60. The second-order valence-electron chi connectivity index (χ2n) is 4.87. The van der Waals surface area contributed by atoms with E-state index in [2.05, 4.69) is 13.8 Å². The van der Waals surface area contributed by atoms with E-state index in [1.807, 2.05) is 18.9 Å². The molecule has 0 saturated carbocycles. The molecule has 1 aromatic rings. The quantitative estimate of drug-likeness (QED) is 0.660. The molecule has 5 nitrogen and oxygen atoms in total. The number of hydrogen-bond donors (Lipinski definition) is 1. The Labute approximate surface area is 111 Å². The summed E-state index contributed by atoms with van der Waals surface area (Å²) in [5.41, 5.74) is 0.0749. The zero-order valence-electron chi connectivity index (χ0n) is 11.4. The van der Waals surface area contributed by atoms with Gasteiger partial charge in [-0.25, -0.2) is 0 Å². The van der Waals surface area contributed by atoms with E-state index < -0.39 is 6.10 Å². The summed E-state index contributed by atoms with van der Waals surface area (Å²) >= 11 is 1.28. The number of aliphatic hydroxyl groups excluding tert-OH is 1. The summed E-state index contributed by atoms with van der Waals surface area (Å²) in [5.74, 6) is 0.395. The van der Waals surface area contributed by atoms with Gasteiger partial charge < -0.3 is 10.0 Å². The summed E-state index contributed by atoms with van der Waals surface area (Å²) in [7, 11) is 1.86. The maximum atomic E-state index is 11.1. The van der Waals surface area contributed by atoms with Crippen LogP contribution in [0.4, 0.5) is 10.7 Å². The van der Waals surface area contributed by atoms with Gasteiger partial charge >= 0.3 is 5.69 Å². The second-order valence-corrected chi connectivity index (χ2v) is 5.93. The molecule has 0 aromatic carbocycles. The lowest BCUT2D eigenvalue weighted by molar-refractivity contribution is -0.383. The molecule has 0 fully saturated rings. The molecule has 1 rings (SSSR count). The molecule has 1 aromatic heterocycles. The minimum Gasteiger partial charge on any atom is -0.388 e. The number of rotatable bonds is 5. The maximum Gasteiger partial charge on any atom is 0.304 e. The number of thiophene rings is 1. The van der Waals surface area contributed by atoms with E-state index in [1.165, 1.54) is 17.4 Å². The minimum absolute atomic E-state index is 0.0749. The number of nitro groups is 1.